The highest BCUT2D eigenvalue weighted by molar-refractivity contribution is 7.91. The van der Waals surface area contributed by atoms with Gasteiger partial charge in [0.1, 0.15) is 23.7 Å². The van der Waals surface area contributed by atoms with E-state index in [-0.39, 0.29) is 25.3 Å². The average Bonchev–Trinajstić information content (AvgIpc) is 4.02. The van der Waals surface area contributed by atoms with Gasteiger partial charge in [0.25, 0.3) is 5.91 Å². The molecule has 5 atom stereocenters. The lowest BCUT2D eigenvalue weighted by Gasteiger charge is -2.30. The van der Waals surface area contributed by atoms with Crippen LogP contribution in [0.15, 0.2) is 92.2 Å². The molecule has 51 heavy (non-hydrogen) atoms. The smallest absolute Gasteiger partial charge is 0.259 e. The van der Waals surface area contributed by atoms with E-state index in [0.29, 0.717) is 25.1 Å². The molecule has 3 amide bonds. The van der Waals surface area contributed by atoms with Crippen LogP contribution in [0.3, 0.4) is 0 Å². The van der Waals surface area contributed by atoms with Crippen LogP contribution in [0, 0.1) is 5.92 Å². The first-order valence-corrected chi connectivity index (χ1v) is 19.2. The number of amides is 3. The summed E-state index contributed by atoms with van der Waals surface area (Å²) in [6.45, 7) is 9.32. The number of hydrogen-bond acceptors (Lipinski definition) is 8. The summed E-state index contributed by atoms with van der Waals surface area (Å²) >= 11 is 0. The molecule has 0 radical (unpaired) electrons. The SMILES string of the molecule is C=CCCCCC[C@H](Nc1ccccc1)C(=O)N1C[C@H](Oc2nccc3ccccc23)C[C@H]1C(=O)N[C@]1(C(=O)NS(=O)(=O)C2(C)CC2)C[C@H]1C=C. The van der Waals surface area contributed by atoms with Crippen LogP contribution in [-0.4, -0.2) is 71.0 Å². The van der Waals surface area contributed by atoms with E-state index in [0.717, 1.165) is 42.1 Å². The van der Waals surface area contributed by atoms with Gasteiger partial charge in [0.2, 0.25) is 27.7 Å². The second kappa shape index (κ2) is 14.9. The number of likely N-dealkylation sites (tertiary alicyclic amines) is 1. The number of carbonyl (C=O) groups is 3. The lowest BCUT2D eigenvalue weighted by atomic mass is 10.0. The molecule has 0 bridgehead atoms. The summed E-state index contributed by atoms with van der Waals surface area (Å²) in [5.74, 6) is -1.68. The molecule has 3 fully saturated rings. The van der Waals surface area contributed by atoms with Gasteiger partial charge in [-0.25, -0.2) is 13.4 Å². The van der Waals surface area contributed by atoms with Crippen LogP contribution in [0.2, 0.25) is 0 Å². The van der Waals surface area contributed by atoms with Gasteiger partial charge in [0.05, 0.1) is 11.3 Å². The highest BCUT2D eigenvalue weighted by atomic mass is 32.2. The molecule has 270 valence electrons. The standard InChI is InChI=1S/C39H47N5O6S/c1-4-6-7-8-12-19-32(41-29-16-10-9-11-17-29)36(46)44-26-30(50-35-31-18-14-13-15-27(31)20-23-40-35)24-33(44)34(45)42-39(25-28(39)5-2)37(47)43-51(48,49)38(3)21-22-38/h4-5,9-11,13-18,20,23,28,30,32-33,41H,1-2,6-8,12,19,21-22,24-26H2,3H3,(H,42,45)(H,43,47)/t28-,30-,32+,33+,39-/m1/s1. The first-order valence-electron chi connectivity index (χ1n) is 17.7. The number of anilines is 1. The van der Waals surface area contributed by atoms with Gasteiger partial charge in [-0.2, -0.15) is 0 Å². The van der Waals surface area contributed by atoms with Crippen LogP contribution < -0.4 is 20.1 Å². The number of ether oxygens (including phenoxy) is 1. The zero-order chi connectivity index (χ0) is 36.2. The van der Waals surface area contributed by atoms with Crippen molar-refractivity contribution in [2.24, 2.45) is 5.92 Å². The molecule has 2 aromatic carbocycles. The van der Waals surface area contributed by atoms with Crippen LogP contribution in [0.25, 0.3) is 10.8 Å². The quantitative estimate of drug-likeness (QED) is 0.127. The number of aromatic nitrogens is 1. The van der Waals surface area contributed by atoms with Gasteiger partial charge in [-0.1, -0.05) is 61.4 Å². The molecule has 0 unspecified atom stereocenters. The minimum absolute atomic E-state index is 0.113. The predicted octanol–water partition coefficient (Wildman–Crippen LogP) is 5.26. The molecule has 11 nitrogen and oxygen atoms in total. The Bertz CT molecular complexity index is 1890. The van der Waals surface area contributed by atoms with E-state index in [1.54, 1.807) is 19.2 Å². The molecule has 1 aromatic heterocycles. The highest BCUT2D eigenvalue weighted by Crippen LogP contribution is 2.47. The Balaban J connectivity index is 1.27. The number of allylic oxidation sites excluding steroid dienone is 1. The van der Waals surface area contributed by atoms with E-state index >= 15 is 0 Å². The van der Waals surface area contributed by atoms with Crippen molar-refractivity contribution in [2.45, 2.75) is 93.2 Å². The fourth-order valence-corrected chi connectivity index (χ4v) is 8.16. The van der Waals surface area contributed by atoms with E-state index < -0.39 is 56.2 Å². The maximum absolute atomic E-state index is 14.6. The molecule has 2 saturated carbocycles. The van der Waals surface area contributed by atoms with E-state index in [4.69, 9.17) is 4.74 Å². The van der Waals surface area contributed by atoms with E-state index in [9.17, 15) is 22.8 Å². The third kappa shape index (κ3) is 7.80. The second-order valence-corrected chi connectivity index (χ2v) is 16.4. The summed E-state index contributed by atoms with van der Waals surface area (Å²) < 4.78 is 33.7. The summed E-state index contributed by atoms with van der Waals surface area (Å²) in [5.41, 5.74) is -0.711. The Labute approximate surface area is 300 Å². The van der Waals surface area contributed by atoms with E-state index in [2.05, 4.69) is 33.5 Å². The largest absolute Gasteiger partial charge is 0.472 e. The van der Waals surface area contributed by atoms with Crippen molar-refractivity contribution < 1.29 is 27.5 Å². The summed E-state index contributed by atoms with van der Waals surface area (Å²) in [4.78, 5) is 48.5. The Kier molecular flexibility index (Phi) is 10.5. The van der Waals surface area contributed by atoms with E-state index in [1.165, 1.54) is 4.90 Å². The lowest BCUT2D eigenvalue weighted by Crippen LogP contribution is -2.58. The Hall–Kier alpha value is -4.71. The topological polar surface area (TPSA) is 147 Å². The van der Waals surface area contributed by atoms with Crippen molar-refractivity contribution in [3.8, 4) is 5.88 Å². The monoisotopic (exact) mass is 713 g/mol. The molecule has 2 aliphatic carbocycles. The first-order chi connectivity index (χ1) is 24.5. The van der Waals surface area contributed by atoms with Crippen LogP contribution >= 0.6 is 0 Å². The number of hydrogen-bond donors (Lipinski definition) is 3. The van der Waals surface area contributed by atoms with Gasteiger partial charge >= 0.3 is 0 Å². The third-order valence-electron chi connectivity index (χ3n) is 10.5. The van der Waals surface area contributed by atoms with Gasteiger partial charge in [-0.15, -0.1) is 13.2 Å². The number of benzene rings is 2. The molecular formula is C39H47N5O6S. The highest BCUT2D eigenvalue weighted by Gasteiger charge is 2.63. The average molecular weight is 714 g/mol. The number of para-hydroxylation sites is 1. The van der Waals surface area contributed by atoms with Crippen molar-refractivity contribution in [2.75, 3.05) is 11.9 Å². The minimum Gasteiger partial charge on any atom is -0.472 e. The van der Waals surface area contributed by atoms with Gasteiger partial charge in [-0.05, 0) is 75.1 Å². The summed E-state index contributed by atoms with van der Waals surface area (Å²) in [5, 5.41) is 8.02. The summed E-state index contributed by atoms with van der Waals surface area (Å²) in [6, 6.07) is 17.4. The molecular weight excluding hydrogens is 667 g/mol. The van der Waals surface area contributed by atoms with Gasteiger partial charge in [0, 0.05) is 29.6 Å². The van der Waals surface area contributed by atoms with E-state index in [1.807, 2.05) is 66.7 Å². The number of carbonyl (C=O) groups excluding carboxylic acids is 3. The maximum atomic E-state index is 14.6. The molecule has 3 aromatic rings. The fourth-order valence-electron chi connectivity index (χ4n) is 6.84. The molecule has 0 spiro atoms. The second-order valence-electron chi connectivity index (χ2n) is 14.2. The lowest BCUT2D eigenvalue weighted by molar-refractivity contribution is -0.140. The number of unbranched alkanes of at least 4 members (excludes halogenated alkanes) is 3. The number of nitrogens with zero attached hydrogens (tertiary/aromatic N) is 2. The zero-order valence-electron chi connectivity index (χ0n) is 29.1. The molecule has 1 aliphatic heterocycles. The number of sulfonamides is 1. The van der Waals surface area contributed by atoms with Crippen molar-refractivity contribution in [1.29, 1.82) is 0 Å². The van der Waals surface area contributed by atoms with Gasteiger partial charge in [-0.3, -0.25) is 19.1 Å². The van der Waals surface area contributed by atoms with Crippen LogP contribution in [0.4, 0.5) is 5.69 Å². The van der Waals surface area contributed by atoms with Crippen LogP contribution in [-0.2, 0) is 24.4 Å². The number of pyridine rings is 1. The fraction of sp³-hybridized carbons (Fsp3) is 0.436. The summed E-state index contributed by atoms with van der Waals surface area (Å²) in [7, 11) is -3.95. The Morgan fingerprint density at radius 1 is 1.04 bits per heavy atom. The predicted molar refractivity (Wildman–Crippen MR) is 197 cm³/mol. The first kappa shape index (κ1) is 36.1. The third-order valence-corrected chi connectivity index (χ3v) is 12.6. The number of nitrogens with one attached hydrogen (secondary N) is 3. The molecule has 3 aliphatic rings. The van der Waals surface area contributed by atoms with Crippen molar-refractivity contribution in [3.63, 3.8) is 0 Å². The Morgan fingerprint density at radius 3 is 2.49 bits per heavy atom. The van der Waals surface area contributed by atoms with Crippen molar-refractivity contribution >= 4 is 44.2 Å². The van der Waals surface area contributed by atoms with Gasteiger partial charge < -0.3 is 20.3 Å². The van der Waals surface area contributed by atoms with Crippen LogP contribution in [0.5, 0.6) is 5.88 Å². The molecule has 12 heteroatoms. The Morgan fingerprint density at radius 2 is 1.78 bits per heavy atom. The summed E-state index contributed by atoms with van der Waals surface area (Å²) in [6.07, 6.45) is 9.85. The van der Waals surface area contributed by atoms with Crippen molar-refractivity contribution in [1.82, 2.24) is 19.9 Å². The molecule has 1 saturated heterocycles. The van der Waals surface area contributed by atoms with Gasteiger partial charge in [0.15, 0.2) is 0 Å². The normalized spacial score (nSPS) is 23.9. The number of fused-ring (bicyclic) bond motifs is 1. The zero-order valence-corrected chi connectivity index (χ0v) is 29.9. The molecule has 6 rings (SSSR count). The van der Waals surface area contributed by atoms with Crippen LogP contribution in [0.1, 0.15) is 64.7 Å². The molecule has 2 heterocycles. The number of rotatable bonds is 17. The maximum Gasteiger partial charge on any atom is 0.259 e. The van der Waals surface area contributed by atoms with Crippen molar-refractivity contribution in [3.05, 3.63) is 92.2 Å². The minimum atomic E-state index is -3.95. The molecule has 3 N–H and O–H groups in total.